The van der Waals surface area contributed by atoms with Crippen LogP contribution in [0.4, 0.5) is 13.2 Å². The Bertz CT molecular complexity index is 1490. The van der Waals surface area contributed by atoms with Gasteiger partial charge >= 0.3 is 5.97 Å². The molecule has 1 aliphatic rings. The van der Waals surface area contributed by atoms with Crippen LogP contribution < -0.4 is 5.73 Å². The lowest BCUT2D eigenvalue weighted by Crippen LogP contribution is -2.47. The topological polar surface area (TPSA) is 125 Å². The van der Waals surface area contributed by atoms with Crippen LogP contribution in [-0.2, 0) is 31.2 Å². The van der Waals surface area contributed by atoms with Crippen molar-refractivity contribution < 1.29 is 32.2 Å². The summed E-state index contributed by atoms with van der Waals surface area (Å²) in [5.74, 6) is -2.79. The van der Waals surface area contributed by atoms with Crippen LogP contribution in [-0.4, -0.2) is 57.3 Å². The van der Waals surface area contributed by atoms with Crippen molar-refractivity contribution in [3.63, 3.8) is 0 Å². The number of allylic oxidation sites excluding steroid dienone is 2. The van der Waals surface area contributed by atoms with Gasteiger partial charge in [0.2, 0.25) is 0 Å². The van der Waals surface area contributed by atoms with Crippen LogP contribution >= 0.6 is 11.8 Å². The van der Waals surface area contributed by atoms with Crippen molar-refractivity contribution in [3.05, 3.63) is 101 Å². The number of nitriles is 1. The van der Waals surface area contributed by atoms with Crippen LogP contribution in [0, 0.1) is 28.8 Å². The molecule has 0 bridgehead atoms. The highest BCUT2D eigenvalue weighted by molar-refractivity contribution is 8.00. The van der Waals surface area contributed by atoms with Gasteiger partial charge in [-0.15, -0.1) is 11.8 Å². The molecule has 43 heavy (non-hydrogen) atoms. The number of carbonyl (C=O) groups excluding carboxylic acids is 1. The van der Waals surface area contributed by atoms with Crippen LogP contribution in [0.5, 0.6) is 0 Å². The summed E-state index contributed by atoms with van der Waals surface area (Å²) in [5, 5.41) is 12.2. The second-order valence-electron chi connectivity index (χ2n) is 9.65. The fraction of sp³-hybridized carbons (Fsp3) is 0.333. The quantitative estimate of drug-likeness (QED) is 0.232. The van der Waals surface area contributed by atoms with Crippen LogP contribution in [0.1, 0.15) is 30.0 Å². The third-order valence-electron chi connectivity index (χ3n) is 6.63. The summed E-state index contributed by atoms with van der Waals surface area (Å²) in [6, 6.07) is 9.22. The van der Waals surface area contributed by atoms with Gasteiger partial charge in [0.25, 0.3) is 0 Å². The van der Waals surface area contributed by atoms with Gasteiger partial charge in [0.1, 0.15) is 30.1 Å². The van der Waals surface area contributed by atoms with E-state index >= 15 is 4.39 Å². The average molecular weight is 614 g/mol. The molecular formula is C30H30F3N5O4S. The first-order valence-corrected chi connectivity index (χ1v) is 14.3. The molecule has 2 N–H and O–H groups in total. The van der Waals surface area contributed by atoms with Gasteiger partial charge in [0, 0.05) is 29.0 Å². The number of hydrogen-bond acceptors (Lipinski definition) is 9. The molecule has 1 fully saturated rings. The molecule has 1 aliphatic heterocycles. The Labute approximate surface area is 251 Å². The Morgan fingerprint density at radius 3 is 2.67 bits per heavy atom. The van der Waals surface area contributed by atoms with Crippen molar-refractivity contribution in [1.29, 1.82) is 5.26 Å². The summed E-state index contributed by atoms with van der Waals surface area (Å²) in [6.07, 6.45) is 8.48. The summed E-state index contributed by atoms with van der Waals surface area (Å²) in [4.78, 5) is 16.7. The fourth-order valence-corrected chi connectivity index (χ4v) is 5.86. The van der Waals surface area contributed by atoms with Gasteiger partial charge < -0.3 is 19.9 Å². The second kappa shape index (κ2) is 15.0. The Hall–Kier alpha value is -3.96. The van der Waals surface area contributed by atoms with Crippen LogP contribution in [0.25, 0.3) is 6.08 Å². The molecule has 2 heterocycles. The van der Waals surface area contributed by atoms with E-state index in [0.717, 1.165) is 12.1 Å². The molecule has 2 atom stereocenters. The zero-order chi connectivity index (χ0) is 30.8. The Kier molecular flexibility index (Phi) is 11.1. The maximum Gasteiger partial charge on any atom is 0.308 e. The highest BCUT2D eigenvalue weighted by atomic mass is 32.2. The van der Waals surface area contributed by atoms with Gasteiger partial charge in [-0.2, -0.15) is 10.4 Å². The van der Waals surface area contributed by atoms with Gasteiger partial charge in [-0.3, -0.25) is 4.79 Å². The standard InChI is InChI=1S/C30H30F3N5O4S/c1-20(43-24-15-40-29(41-16-24)5-3-2-4-22-7-6-21(14-35)12-26(22)32)30(42-28(39)10-11-34,17-38-19-36-18-37-38)25-9-8-23(31)13-27(25)33/h2-9,12-13,18-20,24,29H,10-11,15-17,34H2,1H3/b4-2+,5-3+/t20-,24?,29?,30-/m1/s1. The van der Waals surface area contributed by atoms with E-state index in [0.29, 0.717) is 5.56 Å². The van der Waals surface area contributed by atoms with Crippen molar-refractivity contribution in [2.45, 2.75) is 42.3 Å². The monoisotopic (exact) mass is 613 g/mol. The van der Waals surface area contributed by atoms with Crippen molar-refractivity contribution >= 4 is 23.8 Å². The number of thioether (sulfide) groups is 1. The van der Waals surface area contributed by atoms with Crippen molar-refractivity contribution in [2.75, 3.05) is 19.8 Å². The molecule has 13 heteroatoms. The molecule has 4 rings (SSSR count). The maximum atomic E-state index is 15.3. The number of ether oxygens (including phenoxy) is 3. The number of hydrogen-bond donors (Lipinski definition) is 1. The van der Waals surface area contributed by atoms with E-state index in [1.807, 2.05) is 6.07 Å². The van der Waals surface area contributed by atoms with E-state index in [1.165, 1.54) is 53.4 Å². The van der Waals surface area contributed by atoms with E-state index in [4.69, 9.17) is 25.2 Å². The van der Waals surface area contributed by atoms with Crippen LogP contribution in [0.15, 0.2) is 67.3 Å². The summed E-state index contributed by atoms with van der Waals surface area (Å²) >= 11 is 1.37. The lowest BCUT2D eigenvalue weighted by molar-refractivity contribution is -0.163. The molecule has 3 aromatic rings. The molecule has 9 nitrogen and oxygen atoms in total. The SMILES string of the molecule is C[C@@H](SC1COC(/C=C/C=C/c2ccc(C#N)cc2F)OC1)[C@@](Cn1cncn1)(OC(=O)CCN)c1ccc(F)cc1F. The minimum Gasteiger partial charge on any atom is -0.451 e. The lowest BCUT2D eigenvalue weighted by atomic mass is 9.89. The predicted octanol–water partition coefficient (Wildman–Crippen LogP) is 4.49. The first kappa shape index (κ1) is 32.0. The number of nitrogens with two attached hydrogens (primary N) is 1. The Morgan fingerprint density at radius 1 is 1.23 bits per heavy atom. The number of rotatable bonds is 12. The molecule has 1 aromatic heterocycles. The van der Waals surface area contributed by atoms with Gasteiger partial charge in [0.05, 0.1) is 43.1 Å². The summed E-state index contributed by atoms with van der Waals surface area (Å²) in [5.41, 5.74) is 4.52. The van der Waals surface area contributed by atoms with Gasteiger partial charge in [0.15, 0.2) is 11.9 Å². The molecular weight excluding hydrogens is 583 g/mol. The minimum atomic E-state index is -1.61. The number of nitrogens with zero attached hydrogens (tertiary/aromatic N) is 4. The van der Waals surface area contributed by atoms with Gasteiger partial charge in [-0.25, -0.2) is 22.8 Å². The van der Waals surface area contributed by atoms with Crippen LogP contribution in [0.2, 0.25) is 0 Å². The Morgan fingerprint density at radius 2 is 2.02 bits per heavy atom. The average Bonchev–Trinajstić information content (AvgIpc) is 3.49. The number of benzene rings is 2. The molecule has 0 radical (unpaired) electrons. The molecule has 0 amide bonds. The zero-order valence-corrected chi connectivity index (χ0v) is 24.1. The summed E-state index contributed by atoms with van der Waals surface area (Å²) in [7, 11) is 0. The van der Waals surface area contributed by atoms with Gasteiger partial charge in [-0.1, -0.05) is 24.3 Å². The third kappa shape index (κ3) is 8.32. The van der Waals surface area contributed by atoms with E-state index < -0.39 is 40.6 Å². The first-order valence-electron chi connectivity index (χ1n) is 13.4. The minimum absolute atomic E-state index is 0.0151. The highest BCUT2D eigenvalue weighted by Gasteiger charge is 2.46. The molecule has 0 saturated carbocycles. The van der Waals surface area contributed by atoms with Crippen molar-refractivity contribution in [2.24, 2.45) is 5.73 Å². The van der Waals surface area contributed by atoms with Crippen molar-refractivity contribution in [3.8, 4) is 6.07 Å². The smallest absolute Gasteiger partial charge is 0.308 e. The molecule has 2 aromatic carbocycles. The Balaban J connectivity index is 1.47. The van der Waals surface area contributed by atoms with E-state index in [2.05, 4.69) is 10.1 Å². The van der Waals surface area contributed by atoms with Crippen LogP contribution in [0.3, 0.4) is 0 Å². The highest BCUT2D eigenvalue weighted by Crippen LogP contribution is 2.42. The number of carbonyl (C=O) groups is 1. The lowest BCUT2D eigenvalue weighted by Gasteiger charge is -2.40. The van der Waals surface area contributed by atoms with E-state index in [1.54, 1.807) is 31.2 Å². The van der Waals surface area contributed by atoms with Gasteiger partial charge in [-0.05, 0) is 37.3 Å². The van der Waals surface area contributed by atoms with E-state index in [-0.39, 0.29) is 49.1 Å². The molecule has 0 aliphatic carbocycles. The van der Waals surface area contributed by atoms with Crippen molar-refractivity contribution in [1.82, 2.24) is 14.8 Å². The van der Waals surface area contributed by atoms with E-state index in [9.17, 15) is 13.6 Å². The summed E-state index contributed by atoms with van der Waals surface area (Å²) < 4.78 is 62.3. The molecule has 0 unspecified atom stereocenters. The number of esters is 1. The number of aromatic nitrogens is 3. The third-order valence-corrected chi connectivity index (χ3v) is 8.07. The second-order valence-corrected chi connectivity index (χ2v) is 11.3. The predicted molar refractivity (Wildman–Crippen MR) is 154 cm³/mol. The summed E-state index contributed by atoms with van der Waals surface area (Å²) in [6.45, 7) is 2.24. The zero-order valence-electron chi connectivity index (χ0n) is 23.2. The molecule has 0 spiro atoms. The maximum absolute atomic E-state index is 15.3. The normalized spacial score (nSPS) is 19.3. The molecule has 226 valence electrons. The fourth-order valence-electron chi connectivity index (χ4n) is 4.50. The number of halogens is 3. The molecule has 1 saturated heterocycles. The largest absolute Gasteiger partial charge is 0.451 e. The first-order chi connectivity index (χ1) is 20.7.